The lowest BCUT2D eigenvalue weighted by molar-refractivity contribution is 0.207. The van der Waals surface area contributed by atoms with E-state index in [1.807, 2.05) is 30.3 Å². The van der Waals surface area contributed by atoms with Crippen LogP contribution in [0.3, 0.4) is 0 Å². The number of aromatic nitrogens is 1. The minimum Gasteiger partial charge on any atom is -0.335 e. The van der Waals surface area contributed by atoms with Crippen LogP contribution in [0.25, 0.3) is 0 Å². The predicted molar refractivity (Wildman–Crippen MR) is 106 cm³/mol. The van der Waals surface area contributed by atoms with Gasteiger partial charge in [0, 0.05) is 29.6 Å². The summed E-state index contributed by atoms with van der Waals surface area (Å²) in [5.74, 6) is 0. The highest BCUT2D eigenvalue weighted by Gasteiger charge is 2.25. The number of fused-ring (bicyclic) bond motifs is 1. The van der Waals surface area contributed by atoms with E-state index in [2.05, 4.69) is 20.9 Å². The van der Waals surface area contributed by atoms with Crippen molar-refractivity contribution in [3.05, 3.63) is 40.9 Å². The Bertz CT molecular complexity index is 817. The summed E-state index contributed by atoms with van der Waals surface area (Å²) in [6.07, 6.45) is 5.15. The first kappa shape index (κ1) is 17.8. The molecule has 0 spiro atoms. The summed E-state index contributed by atoms with van der Waals surface area (Å²) in [5.41, 5.74) is 1.75. The molecule has 4 amide bonds. The van der Waals surface area contributed by atoms with Crippen LogP contribution < -0.4 is 16.0 Å². The molecule has 2 aromatic rings. The van der Waals surface area contributed by atoms with Crippen LogP contribution in [0.4, 0.5) is 20.4 Å². The largest absolute Gasteiger partial charge is 0.335 e. The van der Waals surface area contributed by atoms with Crippen LogP contribution in [0.1, 0.15) is 36.3 Å². The highest BCUT2D eigenvalue weighted by molar-refractivity contribution is 7.15. The molecule has 1 aliphatic heterocycles. The topological polar surface area (TPSA) is 86.4 Å². The Morgan fingerprint density at radius 2 is 1.89 bits per heavy atom. The Labute approximate surface area is 162 Å². The van der Waals surface area contributed by atoms with Crippen LogP contribution in [-0.2, 0) is 13.0 Å². The number of benzene rings is 1. The number of para-hydroxylation sites is 1. The second-order valence-corrected chi connectivity index (χ2v) is 8.02. The van der Waals surface area contributed by atoms with Crippen LogP contribution in [0, 0.1) is 0 Å². The average molecular weight is 385 g/mol. The fourth-order valence-electron chi connectivity index (χ4n) is 3.54. The van der Waals surface area contributed by atoms with Gasteiger partial charge in [-0.3, -0.25) is 5.32 Å². The first-order valence-corrected chi connectivity index (χ1v) is 10.2. The molecule has 142 valence electrons. The van der Waals surface area contributed by atoms with Gasteiger partial charge in [-0.2, -0.15) is 0 Å². The minimum atomic E-state index is -0.188. The molecule has 2 aliphatic rings. The van der Waals surface area contributed by atoms with Crippen LogP contribution in [0.15, 0.2) is 30.3 Å². The quantitative estimate of drug-likeness (QED) is 0.751. The zero-order valence-corrected chi connectivity index (χ0v) is 15.8. The van der Waals surface area contributed by atoms with E-state index in [4.69, 9.17) is 0 Å². The third-order valence-corrected chi connectivity index (χ3v) is 5.95. The van der Waals surface area contributed by atoms with E-state index in [-0.39, 0.29) is 18.1 Å². The number of nitrogens with one attached hydrogen (secondary N) is 3. The van der Waals surface area contributed by atoms with Gasteiger partial charge in [0.25, 0.3) is 0 Å². The van der Waals surface area contributed by atoms with Gasteiger partial charge in [-0.05, 0) is 25.0 Å². The fourth-order valence-corrected chi connectivity index (χ4v) is 4.55. The monoisotopic (exact) mass is 385 g/mol. The molecule has 0 saturated heterocycles. The molecule has 8 heteroatoms. The van der Waals surface area contributed by atoms with Gasteiger partial charge in [0.15, 0.2) is 5.13 Å². The van der Waals surface area contributed by atoms with Crippen molar-refractivity contribution in [2.45, 2.75) is 44.7 Å². The highest BCUT2D eigenvalue weighted by Crippen LogP contribution is 2.28. The van der Waals surface area contributed by atoms with E-state index in [1.54, 1.807) is 4.90 Å². The summed E-state index contributed by atoms with van der Waals surface area (Å²) in [4.78, 5) is 31.9. The fraction of sp³-hybridized carbons (Fsp3) is 0.421. The SMILES string of the molecule is O=C(Nc1nc2c(s1)CN(C(=O)Nc1ccccc1)CC2)NC1CCCC1. The van der Waals surface area contributed by atoms with Gasteiger partial charge in [0.05, 0.1) is 12.2 Å². The third-order valence-electron chi connectivity index (χ3n) is 4.95. The number of thiazole rings is 1. The first-order valence-electron chi connectivity index (χ1n) is 9.34. The van der Waals surface area contributed by atoms with Crippen LogP contribution in [0.2, 0.25) is 0 Å². The molecule has 0 radical (unpaired) electrons. The molecule has 4 rings (SSSR count). The van der Waals surface area contributed by atoms with E-state index in [9.17, 15) is 9.59 Å². The van der Waals surface area contributed by atoms with Gasteiger partial charge in [-0.15, -0.1) is 0 Å². The van der Waals surface area contributed by atoms with Gasteiger partial charge in [-0.1, -0.05) is 42.4 Å². The van der Waals surface area contributed by atoms with Crippen molar-refractivity contribution < 1.29 is 9.59 Å². The Morgan fingerprint density at radius 3 is 2.67 bits per heavy atom. The van der Waals surface area contributed by atoms with Crippen LogP contribution in [-0.4, -0.2) is 34.5 Å². The summed E-state index contributed by atoms with van der Waals surface area (Å²) >= 11 is 1.44. The lowest BCUT2D eigenvalue weighted by Crippen LogP contribution is -2.38. The normalized spacial score (nSPS) is 16.7. The molecule has 0 unspecified atom stereocenters. The number of carbonyl (C=O) groups excluding carboxylic acids is 2. The van der Waals surface area contributed by atoms with Crippen molar-refractivity contribution in [3.8, 4) is 0 Å². The Kier molecular flexibility index (Phi) is 5.24. The van der Waals surface area contributed by atoms with Gasteiger partial charge >= 0.3 is 12.1 Å². The predicted octanol–water partition coefficient (Wildman–Crippen LogP) is 3.80. The number of nitrogens with zero attached hydrogens (tertiary/aromatic N) is 2. The van der Waals surface area contributed by atoms with Crippen molar-refractivity contribution in [2.75, 3.05) is 17.2 Å². The summed E-state index contributed by atoms with van der Waals surface area (Å²) in [5, 5.41) is 9.36. The third kappa shape index (κ3) is 4.39. The maximum absolute atomic E-state index is 12.5. The number of hydrogen-bond acceptors (Lipinski definition) is 4. The molecule has 27 heavy (non-hydrogen) atoms. The lowest BCUT2D eigenvalue weighted by atomic mass is 10.2. The summed E-state index contributed by atoms with van der Waals surface area (Å²) < 4.78 is 0. The van der Waals surface area contributed by atoms with Crippen LogP contribution >= 0.6 is 11.3 Å². The van der Waals surface area contributed by atoms with Gasteiger partial charge in [0.1, 0.15) is 0 Å². The van der Waals surface area contributed by atoms with Gasteiger partial charge in [0.2, 0.25) is 0 Å². The average Bonchev–Trinajstić information content (AvgIpc) is 3.30. The Hall–Kier alpha value is -2.61. The standard InChI is InChI=1S/C19H23N5O2S/c25-17(20-13-8-4-5-9-13)23-18-22-15-10-11-24(12-16(15)27-18)19(26)21-14-6-2-1-3-7-14/h1-3,6-7,13H,4-5,8-12H2,(H,21,26)(H2,20,22,23,25). The van der Waals surface area contributed by atoms with Crippen molar-refractivity contribution in [1.29, 1.82) is 0 Å². The molecule has 0 bridgehead atoms. The van der Waals surface area contributed by atoms with Gasteiger partial charge in [-0.25, -0.2) is 14.6 Å². The number of amides is 4. The molecule has 0 atom stereocenters. The second kappa shape index (κ2) is 7.96. The molecule has 1 aromatic carbocycles. The molecule has 1 aromatic heterocycles. The number of hydrogen-bond donors (Lipinski definition) is 3. The molecule has 1 saturated carbocycles. The smallest absolute Gasteiger partial charge is 0.322 e. The molecular weight excluding hydrogens is 362 g/mol. The van der Waals surface area contributed by atoms with Crippen molar-refractivity contribution in [2.24, 2.45) is 0 Å². The summed E-state index contributed by atoms with van der Waals surface area (Å²) in [6, 6.07) is 9.40. The number of carbonyl (C=O) groups is 2. The van der Waals surface area contributed by atoms with Crippen molar-refractivity contribution in [3.63, 3.8) is 0 Å². The van der Waals surface area contributed by atoms with Crippen LogP contribution in [0.5, 0.6) is 0 Å². The number of anilines is 2. The van der Waals surface area contributed by atoms with E-state index >= 15 is 0 Å². The highest BCUT2D eigenvalue weighted by atomic mass is 32.1. The van der Waals surface area contributed by atoms with E-state index < -0.39 is 0 Å². The van der Waals surface area contributed by atoms with E-state index in [1.165, 1.54) is 24.2 Å². The molecule has 2 heterocycles. The van der Waals surface area contributed by atoms with Crippen molar-refractivity contribution >= 4 is 34.2 Å². The van der Waals surface area contributed by atoms with Gasteiger partial charge < -0.3 is 15.5 Å². The number of rotatable bonds is 3. The molecule has 3 N–H and O–H groups in total. The molecule has 1 aliphatic carbocycles. The summed E-state index contributed by atoms with van der Waals surface area (Å²) in [7, 11) is 0. The van der Waals surface area contributed by atoms with E-state index in [0.717, 1.165) is 29.1 Å². The first-order chi connectivity index (χ1) is 13.2. The molecule has 7 nitrogen and oxygen atoms in total. The zero-order chi connectivity index (χ0) is 18.6. The van der Waals surface area contributed by atoms with E-state index in [0.29, 0.717) is 24.6 Å². The second-order valence-electron chi connectivity index (χ2n) is 6.94. The maximum atomic E-state index is 12.5. The molecule has 1 fully saturated rings. The maximum Gasteiger partial charge on any atom is 0.322 e. The minimum absolute atomic E-state index is 0.117. The Balaban J connectivity index is 1.34. The molecular formula is C19H23N5O2S. The number of urea groups is 2. The lowest BCUT2D eigenvalue weighted by Gasteiger charge is -2.26. The Morgan fingerprint density at radius 1 is 1.11 bits per heavy atom. The zero-order valence-electron chi connectivity index (χ0n) is 15.0. The van der Waals surface area contributed by atoms with Crippen molar-refractivity contribution in [1.82, 2.24) is 15.2 Å². The summed E-state index contributed by atoms with van der Waals surface area (Å²) in [6.45, 7) is 1.13.